The van der Waals surface area contributed by atoms with E-state index in [-0.39, 0.29) is 24.3 Å². The SMILES string of the molecule is CCCCCCCOC(=O)CC(C)NC(=O)c1cc(C)cc(C)c1. The van der Waals surface area contributed by atoms with Crippen molar-refractivity contribution >= 4 is 11.9 Å². The molecule has 0 radical (unpaired) electrons. The summed E-state index contributed by atoms with van der Waals surface area (Å²) in [5.41, 5.74) is 2.73. The van der Waals surface area contributed by atoms with E-state index in [0.29, 0.717) is 12.2 Å². The molecule has 1 amide bonds. The Kier molecular flexibility index (Phi) is 9.13. The van der Waals surface area contributed by atoms with Crippen LogP contribution in [0.15, 0.2) is 18.2 Å². The number of nitrogens with one attached hydrogen (secondary N) is 1. The molecule has 0 bridgehead atoms. The molecule has 0 aromatic heterocycles. The summed E-state index contributed by atoms with van der Waals surface area (Å²) in [4.78, 5) is 24.0. The highest BCUT2D eigenvalue weighted by Crippen LogP contribution is 2.09. The van der Waals surface area contributed by atoms with Crippen LogP contribution < -0.4 is 5.32 Å². The van der Waals surface area contributed by atoms with Crippen molar-refractivity contribution in [2.24, 2.45) is 0 Å². The number of hydrogen-bond donors (Lipinski definition) is 1. The summed E-state index contributed by atoms with van der Waals surface area (Å²) in [6.07, 6.45) is 5.84. The van der Waals surface area contributed by atoms with E-state index in [1.54, 1.807) is 0 Å². The van der Waals surface area contributed by atoms with Crippen molar-refractivity contribution in [2.45, 2.75) is 72.3 Å². The lowest BCUT2D eigenvalue weighted by atomic mass is 10.1. The lowest BCUT2D eigenvalue weighted by molar-refractivity contribution is -0.144. The zero-order valence-corrected chi connectivity index (χ0v) is 15.5. The van der Waals surface area contributed by atoms with Crippen molar-refractivity contribution in [3.63, 3.8) is 0 Å². The van der Waals surface area contributed by atoms with Crippen molar-refractivity contribution in [2.75, 3.05) is 6.61 Å². The van der Waals surface area contributed by atoms with Gasteiger partial charge in [-0.3, -0.25) is 9.59 Å². The van der Waals surface area contributed by atoms with Crippen LogP contribution in [0.4, 0.5) is 0 Å². The first-order chi connectivity index (χ1) is 11.4. The number of benzene rings is 1. The Balaban J connectivity index is 2.30. The summed E-state index contributed by atoms with van der Waals surface area (Å²) in [5, 5.41) is 2.86. The third kappa shape index (κ3) is 8.14. The number of carbonyl (C=O) groups is 2. The molecule has 0 aliphatic heterocycles. The Bertz CT molecular complexity index is 519. The van der Waals surface area contributed by atoms with E-state index in [1.807, 2.05) is 39.0 Å². The maximum atomic E-state index is 12.2. The van der Waals surface area contributed by atoms with Gasteiger partial charge < -0.3 is 10.1 Å². The second kappa shape index (κ2) is 10.8. The van der Waals surface area contributed by atoms with Crippen LogP contribution in [0, 0.1) is 13.8 Å². The predicted octanol–water partition coefficient (Wildman–Crippen LogP) is 4.33. The molecule has 0 saturated heterocycles. The molecule has 1 aromatic rings. The molecule has 0 fully saturated rings. The number of carbonyl (C=O) groups excluding carboxylic acids is 2. The van der Waals surface area contributed by atoms with E-state index in [1.165, 1.54) is 19.3 Å². The van der Waals surface area contributed by atoms with E-state index in [2.05, 4.69) is 12.2 Å². The summed E-state index contributed by atoms with van der Waals surface area (Å²) < 4.78 is 5.23. The molecule has 1 N–H and O–H groups in total. The van der Waals surface area contributed by atoms with Crippen molar-refractivity contribution in [1.29, 1.82) is 0 Å². The van der Waals surface area contributed by atoms with Crippen molar-refractivity contribution in [1.82, 2.24) is 5.32 Å². The molecule has 0 heterocycles. The van der Waals surface area contributed by atoms with Crippen LogP contribution in [-0.2, 0) is 9.53 Å². The van der Waals surface area contributed by atoms with Crippen LogP contribution in [0.25, 0.3) is 0 Å². The first kappa shape index (κ1) is 20.2. The van der Waals surface area contributed by atoms with E-state index in [0.717, 1.165) is 24.0 Å². The van der Waals surface area contributed by atoms with Crippen LogP contribution >= 0.6 is 0 Å². The molecule has 1 rings (SSSR count). The highest BCUT2D eigenvalue weighted by atomic mass is 16.5. The molecule has 4 heteroatoms. The van der Waals surface area contributed by atoms with Gasteiger partial charge >= 0.3 is 5.97 Å². The summed E-state index contributed by atoms with van der Waals surface area (Å²) in [7, 11) is 0. The monoisotopic (exact) mass is 333 g/mol. The highest BCUT2D eigenvalue weighted by Gasteiger charge is 2.14. The molecule has 0 aliphatic rings. The number of amides is 1. The maximum Gasteiger partial charge on any atom is 0.307 e. The Morgan fingerprint density at radius 3 is 2.29 bits per heavy atom. The molecule has 134 valence electrons. The van der Waals surface area contributed by atoms with Gasteiger partial charge in [0.05, 0.1) is 13.0 Å². The fourth-order valence-corrected chi connectivity index (χ4v) is 2.66. The first-order valence-corrected chi connectivity index (χ1v) is 8.97. The Hall–Kier alpha value is -1.84. The van der Waals surface area contributed by atoms with Crippen LogP contribution in [0.3, 0.4) is 0 Å². The maximum absolute atomic E-state index is 12.2. The zero-order valence-electron chi connectivity index (χ0n) is 15.5. The van der Waals surface area contributed by atoms with Gasteiger partial charge in [-0.2, -0.15) is 0 Å². The smallest absolute Gasteiger partial charge is 0.307 e. The standard InChI is InChI=1S/C20H31NO3/c1-5-6-7-8-9-10-24-19(22)14-17(4)21-20(23)18-12-15(2)11-16(3)13-18/h11-13,17H,5-10,14H2,1-4H3,(H,21,23). The topological polar surface area (TPSA) is 55.4 Å². The highest BCUT2D eigenvalue weighted by molar-refractivity contribution is 5.95. The van der Waals surface area contributed by atoms with Gasteiger partial charge in [0, 0.05) is 11.6 Å². The van der Waals surface area contributed by atoms with Crippen LogP contribution in [0.1, 0.15) is 73.9 Å². The van der Waals surface area contributed by atoms with Gasteiger partial charge in [0.1, 0.15) is 0 Å². The lowest BCUT2D eigenvalue weighted by Crippen LogP contribution is -2.34. The number of unbranched alkanes of at least 4 members (excludes halogenated alkanes) is 4. The van der Waals surface area contributed by atoms with Gasteiger partial charge in [-0.25, -0.2) is 0 Å². The third-order valence-electron chi connectivity index (χ3n) is 3.85. The van der Waals surface area contributed by atoms with Crippen molar-refractivity contribution in [3.05, 3.63) is 34.9 Å². The second-order valence-corrected chi connectivity index (χ2v) is 6.59. The first-order valence-electron chi connectivity index (χ1n) is 8.97. The normalized spacial score (nSPS) is 11.8. The molecule has 0 aliphatic carbocycles. The second-order valence-electron chi connectivity index (χ2n) is 6.59. The van der Waals surface area contributed by atoms with E-state index in [9.17, 15) is 9.59 Å². The van der Waals surface area contributed by atoms with Gasteiger partial charge in [-0.05, 0) is 39.3 Å². The fourth-order valence-electron chi connectivity index (χ4n) is 2.66. The molecule has 1 aromatic carbocycles. The van der Waals surface area contributed by atoms with Gasteiger partial charge in [0.2, 0.25) is 0 Å². The third-order valence-corrected chi connectivity index (χ3v) is 3.85. The molecule has 1 atom stereocenters. The van der Waals surface area contributed by atoms with Gasteiger partial charge in [-0.1, -0.05) is 49.8 Å². The molecular formula is C20H31NO3. The van der Waals surface area contributed by atoms with Gasteiger partial charge in [0.15, 0.2) is 0 Å². The molecule has 24 heavy (non-hydrogen) atoms. The molecule has 0 spiro atoms. The zero-order chi connectivity index (χ0) is 17.9. The summed E-state index contributed by atoms with van der Waals surface area (Å²) in [5.74, 6) is -0.402. The van der Waals surface area contributed by atoms with Crippen LogP contribution in [0.2, 0.25) is 0 Å². The van der Waals surface area contributed by atoms with E-state index < -0.39 is 0 Å². The van der Waals surface area contributed by atoms with Crippen LogP contribution in [0.5, 0.6) is 0 Å². The minimum absolute atomic E-state index is 0.151. The molecular weight excluding hydrogens is 302 g/mol. The predicted molar refractivity (Wildman–Crippen MR) is 97.2 cm³/mol. The number of esters is 1. The minimum atomic E-state index is -0.251. The average molecular weight is 333 g/mol. The average Bonchev–Trinajstić information content (AvgIpc) is 2.49. The quantitative estimate of drug-likeness (QED) is 0.512. The Morgan fingerprint density at radius 2 is 1.67 bits per heavy atom. The number of hydrogen-bond acceptors (Lipinski definition) is 3. The molecule has 4 nitrogen and oxygen atoms in total. The number of aryl methyl sites for hydroxylation is 2. The Morgan fingerprint density at radius 1 is 1.04 bits per heavy atom. The summed E-state index contributed by atoms with van der Waals surface area (Å²) in [6.45, 7) is 8.40. The van der Waals surface area contributed by atoms with Crippen LogP contribution in [-0.4, -0.2) is 24.5 Å². The number of rotatable bonds is 10. The number of ether oxygens (including phenoxy) is 1. The molecule has 0 saturated carbocycles. The summed E-state index contributed by atoms with van der Waals surface area (Å²) >= 11 is 0. The van der Waals surface area contributed by atoms with Crippen molar-refractivity contribution < 1.29 is 14.3 Å². The fraction of sp³-hybridized carbons (Fsp3) is 0.600. The van der Waals surface area contributed by atoms with Gasteiger partial charge in [0.25, 0.3) is 5.91 Å². The van der Waals surface area contributed by atoms with Gasteiger partial charge in [-0.15, -0.1) is 0 Å². The lowest BCUT2D eigenvalue weighted by Gasteiger charge is -2.14. The largest absolute Gasteiger partial charge is 0.466 e. The Labute approximate surface area is 146 Å². The van der Waals surface area contributed by atoms with E-state index in [4.69, 9.17) is 4.74 Å². The molecule has 1 unspecified atom stereocenters. The van der Waals surface area contributed by atoms with Crippen molar-refractivity contribution in [3.8, 4) is 0 Å². The minimum Gasteiger partial charge on any atom is -0.466 e. The van der Waals surface area contributed by atoms with E-state index >= 15 is 0 Å². The summed E-state index contributed by atoms with van der Waals surface area (Å²) in [6, 6.07) is 5.48.